The summed E-state index contributed by atoms with van der Waals surface area (Å²) in [4.78, 5) is 40.0. The van der Waals surface area contributed by atoms with Crippen LogP contribution in [0.5, 0.6) is 0 Å². The molecule has 1 aromatic carbocycles. The van der Waals surface area contributed by atoms with Gasteiger partial charge < -0.3 is 10.4 Å². The molecule has 166 valence electrons. The number of halogens is 1. The van der Waals surface area contributed by atoms with Gasteiger partial charge in [-0.2, -0.15) is 0 Å². The minimum atomic E-state index is -3.75. The van der Waals surface area contributed by atoms with Crippen LogP contribution in [-0.2, 0) is 21.1 Å². The molecular weight excluding hydrogens is 449 g/mol. The summed E-state index contributed by atoms with van der Waals surface area (Å²) in [6.45, 7) is 0. The Morgan fingerprint density at radius 3 is 2.52 bits per heavy atom. The van der Waals surface area contributed by atoms with Gasteiger partial charge in [-0.25, -0.2) is 22.6 Å². The quantitative estimate of drug-likeness (QED) is 0.528. The van der Waals surface area contributed by atoms with Gasteiger partial charge in [0.25, 0.3) is 0 Å². The fraction of sp³-hybridized carbons (Fsp3) is 0.368. The van der Waals surface area contributed by atoms with Crippen molar-refractivity contribution in [3.05, 3.63) is 35.3 Å². The number of aliphatic carboxylic acids is 1. The van der Waals surface area contributed by atoms with Gasteiger partial charge in [-0.15, -0.1) is 0 Å². The molecule has 1 fully saturated rings. The lowest BCUT2D eigenvalue weighted by Gasteiger charge is -2.14. The Morgan fingerprint density at radius 2 is 1.90 bits per heavy atom. The number of nitrogens with one attached hydrogen (secondary N) is 2. The zero-order valence-electron chi connectivity index (χ0n) is 16.5. The number of carbonyl (C=O) groups excluding carboxylic acids is 2. The molecule has 0 radical (unpaired) electrons. The molecule has 2 amide bonds. The fourth-order valence-electron chi connectivity index (χ4n) is 3.42. The number of nitrogens with zero attached hydrogens (tertiary/aromatic N) is 1. The van der Waals surface area contributed by atoms with Crippen molar-refractivity contribution in [2.75, 3.05) is 16.9 Å². The van der Waals surface area contributed by atoms with E-state index >= 15 is 0 Å². The minimum absolute atomic E-state index is 0.0598. The smallest absolute Gasteiger partial charge is 0.325 e. The lowest BCUT2D eigenvalue weighted by atomic mass is 9.95. The predicted molar refractivity (Wildman–Crippen MR) is 112 cm³/mol. The van der Waals surface area contributed by atoms with Gasteiger partial charge in [0, 0.05) is 17.7 Å². The molecule has 1 aliphatic rings. The van der Waals surface area contributed by atoms with Gasteiger partial charge in [-0.05, 0) is 31.0 Å². The number of carboxylic acid groups (broad SMARTS) is 1. The number of benzene rings is 1. The molecule has 0 unspecified atom stereocenters. The van der Waals surface area contributed by atoms with E-state index in [0.29, 0.717) is 24.2 Å². The van der Waals surface area contributed by atoms with Gasteiger partial charge in [-0.1, -0.05) is 24.2 Å². The van der Waals surface area contributed by atoms with E-state index in [1.54, 1.807) is 0 Å². The Bertz CT molecular complexity index is 1140. The van der Waals surface area contributed by atoms with Crippen molar-refractivity contribution in [1.29, 1.82) is 0 Å². The van der Waals surface area contributed by atoms with Gasteiger partial charge in [0.15, 0.2) is 20.8 Å². The Labute approximate surface area is 181 Å². The molecule has 3 N–H and O–H groups in total. The van der Waals surface area contributed by atoms with E-state index in [9.17, 15) is 27.2 Å². The second kappa shape index (κ2) is 9.10. The molecule has 0 saturated heterocycles. The van der Waals surface area contributed by atoms with Crippen LogP contribution in [0, 0.1) is 11.7 Å². The van der Waals surface area contributed by atoms with Crippen molar-refractivity contribution in [3.8, 4) is 0 Å². The average molecular weight is 470 g/mol. The first kappa shape index (κ1) is 22.8. The second-order valence-corrected chi connectivity index (χ2v) is 10.4. The SMILES string of the molecule is CS(=O)(=O)c1sc(NC(=O)Nc2ccc(F)cc2C(=O)C2CCCC2)nc1CC(=O)O. The van der Waals surface area contributed by atoms with Crippen LogP contribution in [0.3, 0.4) is 0 Å². The summed E-state index contributed by atoms with van der Waals surface area (Å²) >= 11 is 0.619. The maximum absolute atomic E-state index is 13.7. The summed E-state index contributed by atoms with van der Waals surface area (Å²) in [5.74, 6) is -2.35. The highest BCUT2D eigenvalue weighted by atomic mass is 32.2. The largest absolute Gasteiger partial charge is 0.481 e. The standard InChI is InChI=1S/C19H20FN3O6S2/c1-31(28,29)17-14(9-15(24)25)22-19(30-17)23-18(27)21-13-7-6-11(20)8-12(13)16(26)10-4-2-3-5-10/h6-8,10H,2-5,9H2,1H3,(H,24,25)(H2,21,22,23,27). The first-order valence-electron chi connectivity index (χ1n) is 9.38. The summed E-state index contributed by atoms with van der Waals surface area (Å²) in [7, 11) is -3.75. The van der Waals surface area contributed by atoms with Crippen LogP contribution in [0.15, 0.2) is 22.4 Å². The summed E-state index contributed by atoms with van der Waals surface area (Å²) in [6, 6.07) is 2.63. The van der Waals surface area contributed by atoms with Crippen LogP contribution in [0.25, 0.3) is 0 Å². The number of carboxylic acids is 1. The van der Waals surface area contributed by atoms with Crippen molar-refractivity contribution in [3.63, 3.8) is 0 Å². The summed E-state index contributed by atoms with van der Waals surface area (Å²) < 4.78 is 37.2. The molecule has 1 aromatic heterocycles. The number of sulfone groups is 1. The Kier molecular flexibility index (Phi) is 6.70. The monoisotopic (exact) mass is 469 g/mol. The number of hydrogen-bond donors (Lipinski definition) is 3. The number of carbonyl (C=O) groups is 3. The summed E-state index contributed by atoms with van der Waals surface area (Å²) in [6.07, 6.45) is 3.54. The van der Waals surface area contributed by atoms with E-state index in [1.165, 1.54) is 6.07 Å². The first-order chi connectivity index (χ1) is 14.5. The highest BCUT2D eigenvalue weighted by Crippen LogP contribution is 2.31. The van der Waals surface area contributed by atoms with Crippen molar-refractivity contribution >= 4 is 49.8 Å². The van der Waals surface area contributed by atoms with Crippen LogP contribution in [-0.4, -0.2) is 42.5 Å². The van der Waals surface area contributed by atoms with E-state index < -0.39 is 34.1 Å². The number of rotatable bonds is 7. The topological polar surface area (TPSA) is 143 Å². The number of aromatic nitrogens is 1. The molecule has 0 atom stereocenters. The van der Waals surface area contributed by atoms with Crippen molar-refractivity contribution in [2.24, 2.45) is 5.92 Å². The maximum atomic E-state index is 13.7. The van der Waals surface area contributed by atoms with Crippen molar-refractivity contribution < 1.29 is 32.3 Å². The highest BCUT2D eigenvalue weighted by molar-refractivity contribution is 7.92. The van der Waals surface area contributed by atoms with Gasteiger partial charge in [0.05, 0.1) is 17.8 Å². The molecule has 9 nitrogen and oxygen atoms in total. The average Bonchev–Trinajstić information content (AvgIpc) is 3.32. The van der Waals surface area contributed by atoms with Gasteiger partial charge in [0.2, 0.25) is 0 Å². The molecule has 2 aromatic rings. The number of thiazole rings is 1. The third-order valence-corrected chi connectivity index (χ3v) is 7.63. The Balaban J connectivity index is 1.81. The molecule has 31 heavy (non-hydrogen) atoms. The maximum Gasteiger partial charge on any atom is 0.325 e. The van der Waals surface area contributed by atoms with Crippen molar-refractivity contribution in [2.45, 2.75) is 36.3 Å². The molecule has 1 aliphatic carbocycles. The molecule has 3 rings (SSSR count). The van der Waals surface area contributed by atoms with Crippen LogP contribution in [0.2, 0.25) is 0 Å². The Hall–Kier alpha value is -2.86. The number of urea groups is 1. The van der Waals surface area contributed by atoms with Gasteiger partial charge in [-0.3, -0.25) is 14.9 Å². The minimum Gasteiger partial charge on any atom is -0.481 e. The zero-order valence-corrected chi connectivity index (χ0v) is 18.1. The fourth-order valence-corrected chi connectivity index (χ4v) is 5.52. The molecule has 0 aliphatic heterocycles. The van der Waals surface area contributed by atoms with Crippen molar-refractivity contribution in [1.82, 2.24) is 4.98 Å². The number of amides is 2. The number of anilines is 2. The van der Waals surface area contributed by atoms with E-state index in [-0.39, 0.29) is 38.0 Å². The van der Waals surface area contributed by atoms with E-state index in [2.05, 4.69) is 15.6 Å². The highest BCUT2D eigenvalue weighted by Gasteiger charge is 2.27. The lowest BCUT2D eigenvalue weighted by molar-refractivity contribution is -0.136. The molecule has 1 heterocycles. The summed E-state index contributed by atoms with van der Waals surface area (Å²) in [5, 5.41) is 13.6. The molecule has 0 spiro atoms. The number of Topliss-reactive ketones (excluding diaryl/α,β-unsaturated/α-hetero) is 1. The van der Waals surface area contributed by atoms with E-state index in [1.807, 2.05) is 0 Å². The third kappa shape index (κ3) is 5.64. The lowest BCUT2D eigenvalue weighted by Crippen LogP contribution is -2.22. The van der Waals surface area contributed by atoms with Gasteiger partial charge >= 0.3 is 12.0 Å². The predicted octanol–water partition coefficient (Wildman–Crippen LogP) is 3.33. The van der Waals surface area contributed by atoms with Crippen LogP contribution >= 0.6 is 11.3 Å². The summed E-state index contributed by atoms with van der Waals surface area (Å²) in [5.41, 5.74) is -0.0137. The molecule has 0 bridgehead atoms. The Morgan fingerprint density at radius 1 is 1.23 bits per heavy atom. The van der Waals surface area contributed by atoms with Crippen LogP contribution in [0.4, 0.5) is 20.0 Å². The number of ketones is 1. The van der Waals surface area contributed by atoms with E-state index in [0.717, 1.165) is 31.2 Å². The van der Waals surface area contributed by atoms with Crippen LogP contribution < -0.4 is 10.6 Å². The van der Waals surface area contributed by atoms with Gasteiger partial charge in [0.1, 0.15) is 10.0 Å². The first-order valence-corrected chi connectivity index (χ1v) is 12.1. The molecular formula is C19H20FN3O6S2. The van der Waals surface area contributed by atoms with Crippen LogP contribution in [0.1, 0.15) is 41.7 Å². The zero-order chi connectivity index (χ0) is 22.8. The normalized spacial score (nSPS) is 14.4. The number of hydrogen-bond acceptors (Lipinski definition) is 7. The second-order valence-electron chi connectivity index (χ2n) is 7.21. The third-order valence-electron chi connectivity index (χ3n) is 4.76. The molecule has 1 saturated carbocycles. The molecule has 12 heteroatoms. The van der Waals surface area contributed by atoms with E-state index in [4.69, 9.17) is 5.11 Å².